The van der Waals surface area contributed by atoms with Crippen LogP contribution < -0.4 is 0 Å². The van der Waals surface area contributed by atoms with Gasteiger partial charge in [0.15, 0.2) is 5.60 Å². The van der Waals surface area contributed by atoms with Crippen LogP contribution in [0.15, 0.2) is 0 Å². The molecule has 0 aliphatic heterocycles. The van der Waals surface area contributed by atoms with E-state index in [1.807, 2.05) is 0 Å². The van der Waals surface area contributed by atoms with E-state index in [1.54, 1.807) is 0 Å². The van der Waals surface area contributed by atoms with Gasteiger partial charge >= 0.3 is 5.97 Å². The molecule has 1 saturated carbocycles. The first-order valence-electron chi connectivity index (χ1n) is 5.09. The average molecular weight is 202 g/mol. The summed E-state index contributed by atoms with van der Waals surface area (Å²) >= 11 is 0. The van der Waals surface area contributed by atoms with Crippen LogP contribution in [0.3, 0.4) is 0 Å². The Morgan fingerprint density at radius 3 is 2.50 bits per heavy atom. The van der Waals surface area contributed by atoms with E-state index in [-0.39, 0.29) is 13.2 Å². The molecule has 1 aliphatic rings. The van der Waals surface area contributed by atoms with E-state index in [0.717, 1.165) is 12.8 Å². The lowest BCUT2D eigenvalue weighted by molar-refractivity contribution is -0.173. The summed E-state index contributed by atoms with van der Waals surface area (Å²) in [6, 6.07) is 0. The zero-order valence-corrected chi connectivity index (χ0v) is 8.53. The van der Waals surface area contributed by atoms with Crippen LogP contribution in [0.5, 0.6) is 0 Å². The molecule has 0 aromatic rings. The van der Waals surface area contributed by atoms with Crippen LogP contribution in [0, 0.1) is 5.92 Å². The number of aliphatic hydroxyl groups excluding tert-OH is 1. The number of hydrogen-bond acceptors (Lipinski definition) is 3. The normalized spacial score (nSPS) is 32.9. The Morgan fingerprint density at radius 2 is 2.07 bits per heavy atom. The number of ether oxygens (including phenoxy) is 1. The summed E-state index contributed by atoms with van der Waals surface area (Å²) in [5, 5.41) is 17.7. The lowest BCUT2D eigenvalue weighted by Crippen LogP contribution is -2.45. The molecule has 0 unspecified atom stereocenters. The number of aliphatic carboxylic acids is 1. The lowest BCUT2D eigenvalue weighted by Gasteiger charge is -2.35. The molecule has 4 heteroatoms. The van der Waals surface area contributed by atoms with Crippen LogP contribution in [-0.4, -0.2) is 35.0 Å². The fourth-order valence-electron chi connectivity index (χ4n) is 1.89. The van der Waals surface area contributed by atoms with Crippen LogP contribution in [0.2, 0.25) is 0 Å². The standard InChI is InChI=1S/C10H18O4/c1-8-2-4-10(5-3-8,9(12)13)14-7-6-11/h8,11H,2-7H2,1H3,(H,12,13)/t8-,10-. The van der Waals surface area contributed by atoms with Crippen molar-refractivity contribution in [3.8, 4) is 0 Å². The van der Waals surface area contributed by atoms with Crippen molar-refractivity contribution >= 4 is 5.97 Å². The van der Waals surface area contributed by atoms with Crippen molar-refractivity contribution in [3.63, 3.8) is 0 Å². The number of carboxylic acid groups (broad SMARTS) is 1. The molecule has 2 N–H and O–H groups in total. The number of carbonyl (C=O) groups is 1. The maximum atomic E-state index is 11.1. The van der Waals surface area contributed by atoms with Crippen molar-refractivity contribution in [1.82, 2.24) is 0 Å². The van der Waals surface area contributed by atoms with Gasteiger partial charge in [-0.3, -0.25) is 0 Å². The molecule has 0 atom stereocenters. The average Bonchev–Trinajstić information content (AvgIpc) is 2.17. The third kappa shape index (κ3) is 2.45. The summed E-state index contributed by atoms with van der Waals surface area (Å²) in [4.78, 5) is 11.1. The fraction of sp³-hybridized carbons (Fsp3) is 0.900. The van der Waals surface area contributed by atoms with Crippen molar-refractivity contribution in [2.24, 2.45) is 5.92 Å². The molecule has 0 aromatic heterocycles. The fourth-order valence-corrected chi connectivity index (χ4v) is 1.89. The summed E-state index contributed by atoms with van der Waals surface area (Å²) in [6.45, 7) is 2.11. The second kappa shape index (κ2) is 4.75. The van der Waals surface area contributed by atoms with Gasteiger partial charge in [-0.05, 0) is 31.6 Å². The molecular formula is C10H18O4. The maximum Gasteiger partial charge on any atom is 0.335 e. The second-order valence-corrected chi connectivity index (χ2v) is 4.05. The molecule has 0 amide bonds. The van der Waals surface area contributed by atoms with Crippen LogP contribution in [0.1, 0.15) is 32.6 Å². The van der Waals surface area contributed by atoms with E-state index >= 15 is 0 Å². The first-order chi connectivity index (χ1) is 6.60. The van der Waals surface area contributed by atoms with Crippen molar-refractivity contribution < 1.29 is 19.7 Å². The van der Waals surface area contributed by atoms with Gasteiger partial charge in [-0.2, -0.15) is 0 Å². The van der Waals surface area contributed by atoms with Gasteiger partial charge in [0.1, 0.15) is 0 Å². The zero-order valence-electron chi connectivity index (χ0n) is 8.53. The predicted octanol–water partition coefficient (Wildman–Crippen LogP) is 1.03. The molecule has 1 rings (SSSR count). The van der Waals surface area contributed by atoms with Gasteiger partial charge in [-0.1, -0.05) is 6.92 Å². The van der Waals surface area contributed by atoms with Crippen LogP contribution in [0.25, 0.3) is 0 Å². The van der Waals surface area contributed by atoms with E-state index in [1.165, 1.54) is 0 Å². The van der Waals surface area contributed by atoms with Gasteiger partial charge in [-0.15, -0.1) is 0 Å². The van der Waals surface area contributed by atoms with Gasteiger partial charge < -0.3 is 14.9 Å². The smallest absolute Gasteiger partial charge is 0.335 e. The molecule has 1 fully saturated rings. The first-order valence-corrected chi connectivity index (χ1v) is 5.09. The minimum atomic E-state index is -1.03. The number of carboxylic acids is 1. The Hall–Kier alpha value is -0.610. The summed E-state index contributed by atoms with van der Waals surface area (Å²) < 4.78 is 5.28. The summed E-state index contributed by atoms with van der Waals surface area (Å²) in [6.07, 6.45) is 2.89. The molecule has 0 heterocycles. The van der Waals surface area contributed by atoms with Crippen LogP contribution in [-0.2, 0) is 9.53 Å². The summed E-state index contributed by atoms with van der Waals surface area (Å²) in [5.74, 6) is -0.307. The van der Waals surface area contributed by atoms with E-state index in [4.69, 9.17) is 14.9 Å². The van der Waals surface area contributed by atoms with E-state index in [2.05, 4.69) is 6.92 Å². The highest BCUT2D eigenvalue weighted by Gasteiger charge is 2.42. The van der Waals surface area contributed by atoms with E-state index < -0.39 is 11.6 Å². The van der Waals surface area contributed by atoms with Gasteiger partial charge in [-0.25, -0.2) is 4.79 Å². The van der Waals surface area contributed by atoms with Crippen LogP contribution in [0.4, 0.5) is 0 Å². The highest BCUT2D eigenvalue weighted by molar-refractivity contribution is 5.77. The first kappa shape index (κ1) is 11.5. The Kier molecular flexibility index (Phi) is 3.89. The topological polar surface area (TPSA) is 66.8 Å². The van der Waals surface area contributed by atoms with Crippen molar-refractivity contribution in [2.45, 2.75) is 38.2 Å². The van der Waals surface area contributed by atoms with Crippen molar-refractivity contribution in [3.05, 3.63) is 0 Å². The lowest BCUT2D eigenvalue weighted by atomic mass is 9.79. The van der Waals surface area contributed by atoms with Gasteiger partial charge in [0.05, 0.1) is 13.2 Å². The number of rotatable bonds is 4. The molecule has 0 aromatic carbocycles. The SMILES string of the molecule is C[C@H]1CC[C@@](OCCO)(C(=O)O)CC1. The van der Waals surface area contributed by atoms with Gasteiger partial charge in [0.25, 0.3) is 0 Å². The van der Waals surface area contributed by atoms with Crippen molar-refractivity contribution in [2.75, 3.05) is 13.2 Å². The highest BCUT2D eigenvalue weighted by atomic mass is 16.5. The maximum absolute atomic E-state index is 11.1. The van der Waals surface area contributed by atoms with E-state index in [0.29, 0.717) is 18.8 Å². The highest BCUT2D eigenvalue weighted by Crippen LogP contribution is 2.34. The monoisotopic (exact) mass is 202 g/mol. The third-order valence-electron chi connectivity index (χ3n) is 2.94. The molecular weight excluding hydrogens is 184 g/mol. The molecule has 82 valence electrons. The molecule has 0 saturated heterocycles. The quantitative estimate of drug-likeness (QED) is 0.714. The number of hydrogen-bond donors (Lipinski definition) is 2. The third-order valence-corrected chi connectivity index (χ3v) is 2.94. The van der Waals surface area contributed by atoms with Gasteiger partial charge in [0, 0.05) is 0 Å². The van der Waals surface area contributed by atoms with Crippen LogP contribution >= 0.6 is 0 Å². The second-order valence-electron chi connectivity index (χ2n) is 4.05. The molecule has 4 nitrogen and oxygen atoms in total. The molecule has 1 aliphatic carbocycles. The largest absolute Gasteiger partial charge is 0.479 e. The number of aliphatic hydroxyl groups is 1. The Labute approximate surface area is 83.9 Å². The Balaban J connectivity index is 2.58. The summed E-state index contributed by atoms with van der Waals surface area (Å²) in [5.41, 5.74) is -1.03. The molecule has 0 spiro atoms. The minimum absolute atomic E-state index is 0.112. The Morgan fingerprint density at radius 1 is 1.50 bits per heavy atom. The Bertz CT molecular complexity index is 189. The predicted molar refractivity (Wildman–Crippen MR) is 51.0 cm³/mol. The molecule has 0 radical (unpaired) electrons. The van der Waals surface area contributed by atoms with Gasteiger partial charge in [0.2, 0.25) is 0 Å². The summed E-state index contributed by atoms with van der Waals surface area (Å²) in [7, 11) is 0. The zero-order chi connectivity index (χ0) is 10.6. The minimum Gasteiger partial charge on any atom is -0.479 e. The molecule has 14 heavy (non-hydrogen) atoms. The van der Waals surface area contributed by atoms with Crippen molar-refractivity contribution in [1.29, 1.82) is 0 Å². The van der Waals surface area contributed by atoms with E-state index in [9.17, 15) is 4.79 Å². The molecule has 0 bridgehead atoms.